The average Bonchev–Trinajstić information content (AvgIpc) is 3.46. The average molecular weight is 644 g/mol. The Labute approximate surface area is 265 Å². The molecule has 0 aliphatic heterocycles. The molecule has 1 aromatic carbocycles. The van der Waals surface area contributed by atoms with Crippen molar-refractivity contribution in [3.05, 3.63) is 69.5 Å². The van der Waals surface area contributed by atoms with Crippen LogP contribution in [0, 0.1) is 10.8 Å². The second-order valence-electron chi connectivity index (χ2n) is 14.0. The van der Waals surface area contributed by atoms with Gasteiger partial charge in [0.1, 0.15) is 6.10 Å². The number of fused-ring (bicyclic) bond motifs is 1. The van der Waals surface area contributed by atoms with Gasteiger partial charge in [-0.15, -0.1) is 0 Å². The molecule has 2 unspecified atom stereocenters. The second kappa shape index (κ2) is 14.6. The minimum atomic E-state index is -5.72. The van der Waals surface area contributed by atoms with Gasteiger partial charge in [0.2, 0.25) is 0 Å². The normalized spacial score (nSPS) is 18.9. The van der Waals surface area contributed by atoms with E-state index in [0.717, 1.165) is 48.2 Å². The van der Waals surface area contributed by atoms with Gasteiger partial charge < -0.3 is 10.2 Å². The smallest absolute Gasteiger partial charge is 0.388 e. The van der Waals surface area contributed by atoms with Crippen molar-refractivity contribution in [2.45, 2.75) is 124 Å². The number of thiol groups is 1. The van der Waals surface area contributed by atoms with Gasteiger partial charge in [-0.1, -0.05) is 92.2 Å². The molecule has 4 rings (SSSR count). The van der Waals surface area contributed by atoms with E-state index >= 15 is 0 Å². The van der Waals surface area contributed by atoms with Gasteiger partial charge in [-0.2, -0.15) is 34.6 Å². The van der Waals surface area contributed by atoms with Crippen molar-refractivity contribution in [3.63, 3.8) is 0 Å². The Morgan fingerprint density at radius 2 is 1.57 bits per heavy atom. The van der Waals surface area contributed by atoms with Crippen LogP contribution in [0.15, 0.2) is 30.3 Å². The number of alkyl halides is 5. The summed E-state index contributed by atoms with van der Waals surface area (Å²) in [7, 11) is 0. The molecule has 0 saturated heterocycles. The first kappa shape index (κ1) is 38.2. The Bertz CT molecular complexity index is 1280. The van der Waals surface area contributed by atoms with Crippen LogP contribution in [-0.4, -0.2) is 27.6 Å². The molecule has 2 N–H and O–H groups in total. The lowest BCUT2D eigenvalue weighted by atomic mass is 9.71. The summed E-state index contributed by atoms with van der Waals surface area (Å²) < 4.78 is 66.1. The number of benzene rings is 1. The lowest BCUT2D eigenvalue weighted by molar-refractivity contribution is -0.289. The zero-order valence-corrected chi connectivity index (χ0v) is 28.4. The van der Waals surface area contributed by atoms with E-state index in [1.807, 2.05) is 13.8 Å². The summed E-state index contributed by atoms with van der Waals surface area (Å²) in [6, 6.07) is 3.63. The Kier molecular flexibility index (Phi) is 12.7. The molecule has 0 fully saturated rings. The third-order valence-corrected chi connectivity index (χ3v) is 8.29. The van der Waals surface area contributed by atoms with Crippen LogP contribution in [0.2, 0.25) is 0 Å². The van der Waals surface area contributed by atoms with Crippen molar-refractivity contribution in [2.24, 2.45) is 10.8 Å². The zero-order valence-electron chi connectivity index (χ0n) is 27.5. The molecule has 44 heavy (non-hydrogen) atoms. The van der Waals surface area contributed by atoms with Gasteiger partial charge in [0.25, 0.3) is 0 Å². The molecule has 0 amide bonds. The molecule has 2 atom stereocenters. The largest absolute Gasteiger partial charge is 0.458 e. The van der Waals surface area contributed by atoms with Crippen molar-refractivity contribution in [2.75, 3.05) is 6.26 Å². The highest BCUT2D eigenvalue weighted by molar-refractivity contribution is 7.79. The number of halogens is 5. The number of aromatic nitrogens is 1. The van der Waals surface area contributed by atoms with E-state index < -0.39 is 29.9 Å². The van der Waals surface area contributed by atoms with Crippen LogP contribution in [0.1, 0.15) is 145 Å². The van der Waals surface area contributed by atoms with Gasteiger partial charge in [-0.3, -0.25) is 4.98 Å². The summed E-state index contributed by atoms with van der Waals surface area (Å²) in [6.45, 7) is 17.0. The van der Waals surface area contributed by atoms with Crippen LogP contribution < -0.4 is 0 Å². The number of allylic oxidation sites excluding steroid dienone is 2. The fourth-order valence-corrected chi connectivity index (χ4v) is 5.49. The lowest BCUT2D eigenvalue weighted by Gasteiger charge is -2.37. The summed E-state index contributed by atoms with van der Waals surface area (Å²) in [6.07, 6.45) is 0.996. The Morgan fingerprint density at radius 3 is 2.00 bits per heavy atom. The molecular weight excluding hydrogens is 593 g/mol. The molecular formula is C35H50F5NO2S. The van der Waals surface area contributed by atoms with Gasteiger partial charge in [0.05, 0.1) is 6.10 Å². The summed E-state index contributed by atoms with van der Waals surface area (Å²) >= 11 is 3.53. The molecule has 3 nitrogen and oxygen atoms in total. The summed E-state index contributed by atoms with van der Waals surface area (Å²) in [4.78, 5) is 4.91. The Morgan fingerprint density at radius 1 is 1.02 bits per heavy atom. The topological polar surface area (TPSA) is 53.4 Å². The number of hydrogen-bond acceptors (Lipinski definition) is 4. The van der Waals surface area contributed by atoms with Crippen LogP contribution in [0.25, 0.3) is 5.57 Å². The Balaban J connectivity index is 0.000000755. The molecule has 2 aromatic rings. The molecule has 1 heterocycles. The number of nitrogens with zero attached hydrogens (tertiary/aromatic N) is 1. The van der Waals surface area contributed by atoms with E-state index in [2.05, 4.69) is 60.2 Å². The molecule has 2 aliphatic rings. The summed E-state index contributed by atoms with van der Waals surface area (Å²) in [5.74, 6) is -5.10. The minimum Gasteiger partial charge on any atom is -0.388 e. The first-order chi connectivity index (χ1) is 20.2. The van der Waals surface area contributed by atoms with E-state index in [9.17, 15) is 32.2 Å². The van der Waals surface area contributed by atoms with Crippen molar-refractivity contribution in [1.82, 2.24) is 4.98 Å². The standard InChI is InChI=1S/C28H32F5NO2.C6H14.CH4S/c1-15(2)24-23(25(36)17-9-11-18(12-10-17)27(29,30)28(31,32)33)21(16-7-5-6-8-16)22-19(34-24)13-26(3,4)14-20(22)35;1-5-6(2,3)4;1-2/h7,9-12,15,20,25,35-36H,5-6,8,13-14H2,1-4H3;5H2,1-4H3;2H,1H3. The van der Waals surface area contributed by atoms with E-state index in [4.69, 9.17) is 4.98 Å². The van der Waals surface area contributed by atoms with Gasteiger partial charge in [0.15, 0.2) is 0 Å². The third kappa shape index (κ3) is 8.85. The highest BCUT2D eigenvalue weighted by atomic mass is 32.1. The maximum Gasteiger partial charge on any atom is 0.458 e. The lowest BCUT2D eigenvalue weighted by Crippen LogP contribution is -2.33. The highest BCUT2D eigenvalue weighted by Gasteiger charge is 2.58. The van der Waals surface area contributed by atoms with Crippen molar-refractivity contribution < 1.29 is 32.2 Å². The van der Waals surface area contributed by atoms with Crippen LogP contribution in [0.4, 0.5) is 22.0 Å². The van der Waals surface area contributed by atoms with Crippen molar-refractivity contribution in [1.29, 1.82) is 0 Å². The minimum absolute atomic E-state index is 0.100. The number of rotatable bonds is 5. The predicted octanol–water partition coefficient (Wildman–Crippen LogP) is 10.5. The third-order valence-electron chi connectivity index (χ3n) is 8.29. The second-order valence-corrected chi connectivity index (χ2v) is 14.0. The molecule has 248 valence electrons. The number of aliphatic hydroxyl groups is 2. The van der Waals surface area contributed by atoms with E-state index in [0.29, 0.717) is 47.2 Å². The molecule has 0 saturated carbocycles. The van der Waals surface area contributed by atoms with E-state index in [1.54, 1.807) is 6.26 Å². The molecule has 1 aromatic heterocycles. The van der Waals surface area contributed by atoms with Crippen LogP contribution >= 0.6 is 12.6 Å². The molecule has 2 aliphatic carbocycles. The molecule has 0 radical (unpaired) electrons. The van der Waals surface area contributed by atoms with Gasteiger partial charge in [-0.25, -0.2) is 0 Å². The van der Waals surface area contributed by atoms with Crippen LogP contribution in [-0.2, 0) is 12.3 Å². The first-order valence-electron chi connectivity index (χ1n) is 15.3. The van der Waals surface area contributed by atoms with E-state index in [1.165, 1.54) is 6.42 Å². The predicted molar refractivity (Wildman–Crippen MR) is 172 cm³/mol. The fraction of sp³-hybridized carbons (Fsp3) is 0.629. The zero-order chi connectivity index (χ0) is 33.8. The maximum atomic E-state index is 13.8. The number of aliphatic hydroxyl groups excluding tert-OH is 2. The quantitative estimate of drug-likeness (QED) is 0.224. The fourth-order valence-electron chi connectivity index (χ4n) is 5.49. The summed E-state index contributed by atoms with van der Waals surface area (Å²) in [5.41, 5.74) is 3.76. The molecule has 0 spiro atoms. The van der Waals surface area contributed by atoms with Crippen molar-refractivity contribution in [3.8, 4) is 0 Å². The summed E-state index contributed by atoms with van der Waals surface area (Å²) in [5, 5.41) is 22.8. The van der Waals surface area contributed by atoms with E-state index in [-0.39, 0.29) is 16.9 Å². The monoisotopic (exact) mass is 643 g/mol. The molecule has 0 bridgehead atoms. The molecule has 9 heteroatoms. The maximum absolute atomic E-state index is 13.8. The van der Waals surface area contributed by atoms with Crippen LogP contribution in [0.3, 0.4) is 0 Å². The van der Waals surface area contributed by atoms with Gasteiger partial charge in [0, 0.05) is 28.1 Å². The van der Waals surface area contributed by atoms with Crippen molar-refractivity contribution >= 4 is 18.2 Å². The SMILES string of the molecule is CC(C)c1nc2c(c(C3=CCCC3)c1C(O)c1ccc(C(F)(F)C(F)(F)F)cc1)C(O)CC(C)(C)C2.CCC(C)(C)C.CS. The first-order valence-corrected chi connectivity index (χ1v) is 16.2. The highest BCUT2D eigenvalue weighted by Crippen LogP contribution is 2.49. The Hall–Kier alpha value is -1.97. The number of hydrogen-bond donors (Lipinski definition) is 3. The number of pyridine rings is 1. The van der Waals surface area contributed by atoms with Crippen LogP contribution in [0.5, 0.6) is 0 Å². The van der Waals surface area contributed by atoms with Gasteiger partial charge in [-0.05, 0) is 71.8 Å². The van der Waals surface area contributed by atoms with Gasteiger partial charge >= 0.3 is 12.1 Å².